The molecule has 0 aliphatic rings. The number of hydrogen-bond acceptors (Lipinski definition) is 4. The number of alkyl halides is 3. The predicted molar refractivity (Wildman–Crippen MR) is 120 cm³/mol. The summed E-state index contributed by atoms with van der Waals surface area (Å²) < 4.78 is 44.2. The van der Waals surface area contributed by atoms with Crippen LogP contribution >= 0.6 is 0 Å². The van der Waals surface area contributed by atoms with Crippen LogP contribution in [0.4, 0.5) is 18.9 Å². The van der Waals surface area contributed by atoms with E-state index in [9.17, 15) is 22.8 Å². The van der Waals surface area contributed by atoms with Gasteiger partial charge in [-0.3, -0.25) is 23.5 Å². The average molecular weight is 472 g/mol. The number of aryl methyl sites for hydroxylation is 4. The van der Waals surface area contributed by atoms with Crippen LogP contribution in [-0.4, -0.2) is 30.0 Å². The van der Waals surface area contributed by atoms with E-state index in [1.807, 2.05) is 42.8 Å². The quantitative estimate of drug-likeness (QED) is 0.464. The normalized spacial score (nSPS) is 11.8. The monoisotopic (exact) mass is 472 g/mol. The van der Waals surface area contributed by atoms with Crippen LogP contribution in [-0.2, 0) is 31.1 Å². The van der Waals surface area contributed by atoms with E-state index in [4.69, 9.17) is 0 Å². The number of fused-ring (bicyclic) bond motifs is 1. The number of pyridine rings is 1. The van der Waals surface area contributed by atoms with Crippen LogP contribution in [0.15, 0.2) is 47.4 Å². The topological polar surface area (TPSA) is 86.7 Å². The number of rotatable bonds is 6. The highest BCUT2D eigenvalue weighted by atomic mass is 19.4. The van der Waals surface area contributed by atoms with Crippen molar-refractivity contribution >= 4 is 22.6 Å². The maximum Gasteiger partial charge on any atom is 0.417 e. The molecule has 1 amide bonds. The summed E-state index contributed by atoms with van der Waals surface area (Å²) in [6.07, 6.45) is -3.59. The van der Waals surface area contributed by atoms with Gasteiger partial charge in [0.05, 0.1) is 17.8 Å². The SMILES string of the molecule is Cc1cc(C)n(Cc2cccc(NC(=O)CCn3c(=O)cc(C(F)(F)F)c4cn(C)nc43)c2)n1. The van der Waals surface area contributed by atoms with Gasteiger partial charge in [-0.05, 0) is 37.6 Å². The van der Waals surface area contributed by atoms with Gasteiger partial charge in [0.1, 0.15) is 0 Å². The van der Waals surface area contributed by atoms with Gasteiger partial charge in [-0.1, -0.05) is 12.1 Å². The van der Waals surface area contributed by atoms with Crippen molar-refractivity contribution in [2.75, 3.05) is 5.32 Å². The van der Waals surface area contributed by atoms with Crippen molar-refractivity contribution in [3.05, 3.63) is 75.5 Å². The molecule has 0 aliphatic carbocycles. The summed E-state index contributed by atoms with van der Waals surface area (Å²) in [4.78, 5) is 24.9. The maximum absolute atomic E-state index is 13.3. The van der Waals surface area contributed by atoms with Gasteiger partial charge in [0.25, 0.3) is 5.56 Å². The Kier molecular flexibility index (Phi) is 6.03. The number of carbonyl (C=O) groups excluding carboxylic acids is 1. The molecule has 178 valence electrons. The molecule has 34 heavy (non-hydrogen) atoms. The molecule has 0 saturated carbocycles. The van der Waals surface area contributed by atoms with E-state index in [-0.39, 0.29) is 29.9 Å². The smallest absolute Gasteiger partial charge is 0.326 e. The second-order valence-electron chi connectivity index (χ2n) is 8.17. The van der Waals surface area contributed by atoms with Crippen molar-refractivity contribution in [2.24, 2.45) is 7.05 Å². The zero-order valence-electron chi connectivity index (χ0n) is 18.8. The molecule has 0 fully saturated rings. The molecule has 0 atom stereocenters. The van der Waals surface area contributed by atoms with Gasteiger partial charge in [-0.25, -0.2) is 0 Å². The first-order valence-electron chi connectivity index (χ1n) is 10.6. The Morgan fingerprint density at radius 1 is 1.12 bits per heavy atom. The standard InChI is InChI=1S/C23H23F3N6O2/c1-14-9-15(2)32(28-14)12-16-5-4-6-17(10-16)27-20(33)7-8-31-21(34)11-19(23(24,25)26)18-13-30(3)29-22(18)31/h4-6,9-11,13H,7-8,12H2,1-3H3,(H,27,33). The Morgan fingerprint density at radius 3 is 2.56 bits per heavy atom. The zero-order chi connectivity index (χ0) is 24.6. The number of amides is 1. The van der Waals surface area contributed by atoms with Crippen LogP contribution in [0.5, 0.6) is 0 Å². The van der Waals surface area contributed by atoms with E-state index in [0.29, 0.717) is 18.3 Å². The van der Waals surface area contributed by atoms with Gasteiger partial charge < -0.3 is 5.32 Å². The molecule has 11 heteroatoms. The van der Waals surface area contributed by atoms with Crippen molar-refractivity contribution in [3.63, 3.8) is 0 Å². The summed E-state index contributed by atoms with van der Waals surface area (Å²) in [6.45, 7) is 4.32. The predicted octanol–water partition coefficient (Wildman–Crippen LogP) is 3.64. The van der Waals surface area contributed by atoms with Crippen LogP contribution in [0, 0.1) is 13.8 Å². The molecule has 0 spiro atoms. The summed E-state index contributed by atoms with van der Waals surface area (Å²) in [5.74, 6) is -0.376. The van der Waals surface area contributed by atoms with E-state index in [2.05, 4.69) is 15.5 Å². The molecular weight excluding hydrogens is 449 g/mol. The lowest BCUT2D eigenvalue weighted by molar-refractivity contribution is -0.136. The fraction of sp³-hybridized carbons (Fsp3) is 0.304. The molecule has 3 aromatic heterocycles. The highest BCUT2D eigenvalue weighted by molar-refractivity contribution is 5.90. The minimum atomic E-state index is -4.69. The Hall–Kier alpha value is -3.89. The third-order valence-electron chi connectivity index (χ3n) is 5.40. The Bertz CT molecular complexity index is 1430. The minimum absolute atomic E-state index is 0.109. The molecule has 1 aromatic carbocycles. The lowest BCUT2D eigenvalue weighted by Crippen LogP contribution is -2.25. The largest absolute Gasteiger partial charge is 0.417 e. The van der Waals surface area contributed by atoms with Crippen molar-refractivity contribution in [1.82, 2.24) is 24.1 Å². The summed E-state index contributed by atoms with van der Waals surface area (Å²) in [6, 6.07) is 9.83. The molecule has 8 nitrogen and oxygen atoms in total. The first-order valence-corrected chi connectivity index (χ1v) is 10.6. The molecule has 0 radical (unpaired) electrons. The van der Waals surface area contributed by atoms with Crippen LogP contribution < -0.4 is 10.9 Å². The number of aromatic nitrogens is 5. The lowest BCUT2D eigenvalue weighted by atomic mass is 10.1. The van der Waals surface area contributed by atoms with Crippen molar-refractivity contribution in [3.8, 4) is 0 Å². The average Bonchev–Trinajstić information content (AvgIpc) is 3.27. The van der Waals surface area contributed by atoms with Crippen LogP contribution in [0.2, 0.25) is 0 Å². The summed E-state index contributed by atoms with van der Waals surface area (Å²) in [7, 11) is 1.47. The molecule has 3 heterocycles. The van der Waals surface area contributed by atoms with E-state index >= 15 is 0 Å². The van der Waals surface area contributed by atoms with Gasteiger partial charge in [0.2, 0.25) is 5.91 Å². The van der Waals surface area contributed by atoms with Crippen LogP contribution in [0.1, 0.15) is 28.9 Å². The number of nitrogens with zero attached hydrogens (tertiary/aromatic N) is 5. The zero-order valence-corrected chi connectivity index (χ0v) is 18.8. The Labute approximate surface area is 192 Å². The van der Waals surface area contributed by atoms with E-state index in [1.54, 1.807) is 6.07 Å². The number of carbonyl (C=O) groups is 1. The summed E-state index contributed by atoms with van der Waals surface area (Å²) in [5.41, 5.74) is 1.45. The van der Waals surface area contributed by atoms with Gasteiger partial charge in [0.15, 0.2) is 5.65 Å². The molecule has 4 rings (SSSR count). The van der Waals surface area contributed by atoms with Crippen LogP contribution in [0.25, 0.3) is 11.0 Å². The molecule has 4 aromatic rings. The summed E-state index contributed by atoms with van der Waals surface area (Å²) in [5, 5.41) is 11.0. The van der Waals surface area contributed by atoms with Gasteiger partial charge >= 0.3 is 6.18 Å². The van der Waals surface area contributed by atoms with Crippen molar-refractivity contribution in [1.29, 1.82) is 0 Å². The second kappa shape index (κ2) is 8.81. The molecule has 0 bridgehead atoms. The second-order valence-corrected chi connectivity index (χ2v) is 8.17. The molecule has 0 aliphatic heterocycles. The Balaban J connectivity index is 1.48. The number of benzene rings is 1. The summed E-state index contributed by atoms with van der Waals surface area (Å²) >= 11 is 0. The van der Waals surface area contributed by atoms with Crippen molar-refractivity contribution < 1.29 is 18.0 Å². The fourth-order valence-corrected chi connectivity index (χ4v) is 3.89. The molecule has 0 saturated heterocycles. The van der Waals surface area contributed by atoms with Gasteiger partial charge in [-0.2, -0.15) is 23.4 Å². The molecule has 1 N–H and O–H groups in total. The van der Waals surface area contributed by atoms with Crippen LogP contribution in [0.3, 0.4) is 0 Å². The molecule has 0 unspecified atom stereocenters. The van der Waals surface area contributed by atoms with E-state index in [1.165, 1.54) is 17.9 Å². The molecular formula is C23H23F3N6O2. The van der Waals surface area contributed by atoms with Gasteiger partial charge in [0, 0.05) is 49.0 Å². The van der Waals surface area contributed by atoms with E-state index < -0.39 is 17.3 Å². The lowest BCUT2D eigenvalue weighted by Gasteiger charge is -2.12. The Morgan fingerprint density at radius 2 is 1.88 bits per heavy atom. The maximum atomic E-state index is 13.3. The third-order valence-corrected chi connectivity index (χ3v) is 5.40. The van der Waals surface area contributed by atoms with E-state index in [0.717, 1.165) is 21.5 Å². The highest BCUT2D eigenvalue weighted by Gasteiger charge is 2.34. The highest BCUT2D eigenvalue weighted by Crippen LogP contribution is 2.33. The minimum Gasteiger partial charge on any atom is -0.326 e. The number of anilines is 1. The third kappa shape index (κ3) is 4.87. The first-order chi connectivity index (χ1) is 16.0. The number of hydrogen-bond donors (Lipinski definition) is 1. The fourth-order valence-electron chi connectivity index (χ4n) is 3.89. The van der Waals surface area contributed by atoms with Gasteiger partial charge in [-0.15, -0.1) is 0 Å². The number of nitrogens with one attached hydrogen (secondary N) is 1. The van der Waals surface area contributed by atoms with Crippen molar-refractivity contribution in [2.45, 2.75) is 39.5 Å². The number of halogens is 3. The first kappa shape index (κ1) is 23.3.